The van der Waals surface area contributed by atoms with E-state index in [-0.39, 0.29) is 11.9 Å². The first-order valence-electron chi connectivity index (χ1n) is 8.35. The Bertz CT molecular complexity index is 798. The van der Waals surface area contributed by atoms with E-state index in [0.717, 1.165) is 16.9 Å². The fourth-order valence-corrected chi connectivity index (χ4v) is 2.55. The average molecular weight is 331 g/mol. The number of rotatable bonds is 6. The summed E-state index contributed by atoms with van der Waals surface area (Å²) in [5.41, 5.74) is 2.81. The van der Waals surface area contributed by atoms with Crippen LogP contribution in [0.2, 0.25) is 0 Å². The molecule has 0 spiro atoms. The van der Waals surface area contributed by atoms with Gasteiger partial charge in [0.25, 0.3) is 5.91 Å². The molecule has 0 saturated heterocycles. The van der Waals surface area contributed by atoms with E-state index < -0.39 is 0 Å². The number of carbonyl (C=O) groups excluding carboxylic acids is 1. The van der Waals surface area contributed by atoms with Crippen LogP contribution in [0.1, 0.15) is 34.5 Å². The van der Waals surface area contributed by atoms with E-state index in [9.17, 15) is 4.79 Å². The molecule has 0 saturated carbocycles. The Hall–Kier alpha value is -3.07. The van der Waals surface area contributed by atoms with Gasteiger partial charge in [0.15, 0.2) is 0 Å². The first-order valence-corrected chi connectivity index (χ1v) is 8.35. The van der Waals surface area contributed by atoms with Crippen LogP contribution in [0.5, 0.6) is 5.75 Å². The van der Waals surface area contributed by atoms with Crippen LogP contribution in [0.15, 0.2) is 84.9 Å². The van der Waals surface area contributed by atoms with Gasteiger partial charge < -0.3 is 10.1 Å². The molecule has 3 aromatic carbocycles. The number of carbonyl (C=O) groups is 1. The van der Waals surface area contributed by atoms with Gasteiger partial charge in [0.05, 0.1) is 6.04 Å². The minimum atomic E-state index is -0.0917. The molecule has 0 fully saturated rings. The van der Waals surface area contributed by atoms with Crippen molar-refractivity contribution < 1.29 is 9.53 Å². The van der Waals surface area contributed by atoms with Crippen LogP contribution in [0.4, 0.5) is 0 Å². The van der Waals surface area contributed by atoms with E-state index in [1.165, 1.54) is 0 Å². The van der Waals surface area contributed by atoms with E-state index in [4.69, 9.17) is 4.74 Å². The molecule has 3 aromatic rings. The second-order valence-corrected chi connectivity index (χ2v) is 5.90. The van der Waals surface area contributed by atoms with Gasteiger partial charge in [0.1, 0.15) is 12.4 Å². The van der Waals surface area contributed by atoms with Gasteiger partial charge in [-0.05, 0) is 42.3 Å². The van der Waals surface area contributed by atoms with Gasteiger partial charge in [0.2, 0.25) is 0 Å². The van der Waals surface area contributed by atoms with E-state index in [0.29, 0.717) is 12.2 Å². The molecule has 0 heterocycles. The van der Waals surface area contributed by atoms with Crippen molar-refractivity contribution in [2.24, 2.45) is 0 Å². The molecule has 0 aliphatic rings. The first kappa shape index (κ1) is 16.8. The van der Waals surface area contributed by atoms with Crippen molar-refractivity contribution in [2.45, 2.75) is 19.6 Å². The first-order chi connectivity index (χ1) is 12.2. The van der Waals surface area contributed by atoms with Crippen molar-refractivity contribution in [1.82, 2.24) is 5.32 Å². The molecule has 1 atom stereocenters. The summed E-state index contributed by atoms with van der Waals surface area (Å²) in [6.07, 6.45) is 0. The minimum absolute atomic E-state index is 0.0392. The molecule has 0 unspecified atom stereocenters. The Morgan fingerprint density at radius 3 is 2.12 bits per heavy atom. The number of hydrogen-bond donors (Lipinski definition) is 1. The molecule has 126 valence electrons. The lowest BCUT2D eigenvalue weighted by Gasteiger charge is -2.14. The molecule has 0 bridgehead atoms. The summed E-state index contributed by atoms with van der Waals surface area (Å²) < 4.78 is 5.75. The Kier molecular flexibility index (Phi) is 5.47. The smallest absolute Gasteiger partial charge is 0.251 e. The van der Waals surface area contributed by atoms with Crippen molar-refractivity contribution in [3.8, 4) is 5.75 Å². The molecule has 3 heteroatoms. The lowest BCUT2D eigenvalue weighted by atomic mass is 10.1. The largest absolute Gasteiger partial charge is 0.489 e. The monoisotopic (exact) mass is 331 g/mol. The van der Waals surface area contributed by atoms with Gasteiger partial charge in [-0.2, -0.15) is 0 Å². The SMILES string of the molecule is C[C@H](NC(=O)c1ccc(OCc2ccccc2)cc1)c1ccccc1. The van der Waals surface area contributed by atoms with Gasteiger partial charge in [0, 0.05) is 5.56 Å². The standard InChI is InChI=1S/C22H21NO2/c1-17(19-10-6-3-7-11-19)23-22(24)20-12-14-21(15-13-20)25-16-18-8-4-2-5-9-18/h2-15,17H,16H2,1H3,(H,23,24)/t17-/m0/s1. The quantitative estimate of drug-likeness (QED) is 0.707. The summed E-state index contributed by atoms with van der Waals surface area (Å²) >= 11 is 0. The molecule has 1 amide bonds. The third-order valence-electron chi connectivity index (χ3n) is 4.01. The Morgan fingerprint density at radius 1 is 0.880 bits per heavy atom. The third kappa shape index (κ3) is 4.70. The van der Waals surface area contributed by atoms with E-state index >= 15 is 0 Å². The van der Waals surface area contributed by atoms with Crippen molar-refractivity contribution in [2.75, 3.05) is 0 Å². The summed E-state index contributed by atoms with van der Waals surface area (Å²) in [6, 6.07) is 27.1. The zero-order chi connectivity index (χ0) is 17.5. The number of ether oxygens (including phenoxy) is 1. The van der Waals surface area contributed by atoms with Crippen LogP contribution in [-0.2, 0) is 6.61 Å². The number of benzene rings is 3. The normalized spacial score (nSPS) is 11.6. The molecule has 3 rings (SSSR count). The van der Waals surface area contributed by atoms with E-state index in [2.05, 4.69) is 5.32 Å². The highest BCUT2D eigenvalue weighted by Gasteiger charge is 2.11. The Balaban J connectivity index is 1.57. The molecule has 1 N–H and O–H groups in total. The molecule has 0 aromatic heterocycles. The van der Waals surface area contributed by atoms with E-state index in [1.807, 2.05) is 79.7 Å². The zero-order valence-corrected chi connectivity index (χ0v) is 14.2. The predicted molar refractivity (Wildman–Crippen MR) is 99.5 cm³/mol. The van der Waals surface area contributed by atoms with Crippen LogP contribution in [0.25, 0.3) is 0 Å². The molecular formula is C22H21NO2. The fourth-order valence-electron chi connectivity index (χ4n) is 2.55. The van der Waals surface area contributed by atoms with Crippen molar-refractivity contribution in [1.29, 1.82) is 0 Å². The number of hydrogen-bond acceptors (Lipinski definition) is 2. The molecule has 0 aliphatic carbocycles. The summed E-state index contributed by atoms with van der Waals surface area (Å²) in [5, 5.41) is 3.01. The van der Waals surface area contributed by atoms with Crippen LogP contribution >= 0.6 is 0 Å². The maximum Gasteiger partial charge on any atom is 0.251 e. The van der Waals surface area contributed by atoms with Crippen molar-refractivity contribution in [3.63, 3.8) is 0 Å². The maximum absolute atomic E-state index is 12.4. The molecule has 0 aliphatic heterocycles. The van der Waals surface area contributed by atoms with Crippen LogP contribution in [0.3, 0.4) is 0 Å². The molecule has 25 heavy (non-hydrogen) atoms. The predicted octanol–water partition coefficient (Wildman–Crippen LogP) is 4.76. The number of nitrogens with one attached hydrogen (secondary N) is 1. The lowest BCUT2D eigenvalue weighted by Crippen LogP contribution is -2.26. The fraction of sp³-hybridized carbons (Fsp3) is 0.136. The van der Waals surface area contributed by atoms with Crippen molar-refractivity contribution >= 4 is 5.91 Å². The van der Waals surface area contributed by atoms with Gasteiger partial charge >= 0.3 is 0 Å². The van der Waals surface area contributed by atoms with Gasteiger partial charge in [-0.25, -0.2) is 0 Å². The average Bonchev–Trinajstić information content (AvgIpc) is 2.68. The van der Waals surface area contributed by atoms with Gasteiger partial charge in [-0.3, -0.25) is 4.79 Å². The summed E-state index contributed by atoms with van der Waals surface area (Å²) in [6.45, 7) is 2.49. The summed E-state index contributed by atoms with van der Waals surface area (Å²) in [5.74, 6) is 0.655. The maximum atomic E-state index is 12.4. The lowest BCUT2D eigenvalue weighted by molar-refractivity contribution is 0.0940. The highest BCUT2D eigenvalue weighted by Crippen LogP contribution is 2.16. The molecular weight excluding hydrogens is 310 g/mol. The van der Waals surface area contributed by atoms with Gasteiger partial charge in [-0.15, -0.1) is 0 Å². The highest BCUT2D eigenvalue weighted by molar-refractivity contribution is 5.94. The summed E-state index contributed by atoms with van der Waals surface area (Å²) in [4.78, 5) is 12.4. The minimum Gasteiger partial charge on any atom is -0.489 e. The molecule has 0 radical (unpaired) electrons. The number of amides is 1. The second kappa shape index (κ2) is 8.15. The van der Waals surface area contributed by atoms with Crippen molar-refractivity contribution in [3.05, 3.63) is 102 Å². The zero-order valence-electron chi connectivity index (χ0n) is 14.2. The Morgan fingerprint density at radius 2 is 1.48 bits per heavy atom. The van der Waals surface area contributed by atoms with Crippen LogP contribution in [-0.4, -0.2) is 5.91 Å². The second-order valence-electron chi connectivity index (χ2n) is 5.90. The van der Waals surface area contributed by atoms with Crippen LogP contribution < -0.4 is 10.1 Å². The summed E-state index contributed by atoms with van der Waals surface area (Å²) in [7, 11) is 0. The third-order valence-corrected chi connectivity index (χ3v) is 4.01. The topological polar surface area (TPSA) is 38.3 Å². The van der Waals surface area contributed by atoms with E-state index in [1.54, 1.807) is 12.1 Å². The van der Waals surface area contributed by atoms with Crippen LogP contribution in [0, 0.1) is 0 Å². The molecule has 3 nitrogen and oxygen atoms in total. The highest BCUT2D eigenvalue weighted by atomic mass is 16.5. The Labute approximate surface area is 148 Å². The van der Waals surface area contributed by atoms with Gasteiger partial charge in [-0.1, -0.05) is 60.7 Å².